The van der Waals surface area contributed by atoms with Gasteiger partial charge in [-0.05, 0) is 18.1 Å². The van der Waals surface area contributed by atoms with E-state index in [0.29, 0.717) is 16.7 Å². The van der Waals surface area contributed by atoms with Crippen LogP contribution in [0.1, 0.15) is 24.4 Å². The summed E-state index contributed by atoms with van der Waals surface area (Å²) in [4.78, 5) is 23.6. The number of para-hydroxylation sites is 1. The Balaban J connectivity index is 2.44. The van der Waals surface area contributed by atoms with Gasteiger partial charge < -0.3 is 15.5 Å². The molecule has 0 aliphatic rings. The van der Waals surface area contributed by atoms with Crippen molar-refractivity contribution in [2.45, 2.75) is 19.7 Å². The standard InChI is InChI=1S/C14H17BN2O3/c1-7(2)10(15)14(19)17-11-8-5-3-4-6-9(8)20-12(11)13(16)18/h3-7,10H,15H2,1-2H3,(H2,16,18)(H,17,19)/t10-/m0/s1. The van der Waals surface area contributed by atoms with Crippen LogP contribution in [0.5, 0.6) is 0 Å². The molecule has 0 aliphatic heterocycles. The minimum atomic E-state index is -0.700. The quantitative estimate of drug-likeness (QED) is 0.828. The number of nitrogens with two attached hydrogens (primary N) is 1. The molecule has 2 amide bonds. The second-order valence-corrected chi connectivity index (χ2v) is 5.19. The van der Waals surface area contributed by atoms with Gasteiger partial charge in [-0.1, -0.05) is 26.0 Å². The minimum absolute atomic E-state index is 0.0180. The molecule has 1 atom stereocenters. The first-order chi connectivity index (χ1) is 9.41. The molecule has 1 aromatic carbocycles. The molecule has 6 heteroatoms. The first-order valence-electron chi connectivity index (χ1n) is 6.54. The SMILES string of the molecule is B[C@H](C(=O)Nc1c(C(N)=O)oc2ccccc12)C(C)C. The second kappa shape index (κ2) is 5.40. The molecule has 5 nitrogen and oxygen atoms in total. The van der Waals surface area contributed by atoms with Crippen LogP contribution in [-0.4, -0.2) is 19.7 Å². The summed E-state index contributed by atoms with van der Waals surface area (Å²) in [6.07, 6.45) is 0. The number of primary amides is 1. The number of furan rings is 1. The van der Waals surface area contributed by atoms with Crippen LogP contribution < -0.4 is 11.1 Å². The van der Waals surface area contributed by atoms with Crippen molar-refractivity contribution in [3.63, 3.8) is 0 Å². The first kappa shape index (κ1) is 14.2. The van der Waals surface area contributed by atoms with Crippen molar-refractivity contribution in [2.24, 2.45) is 11.7 Å². The van der Waals surface area contributed by atoms with Crippen LogP contribution in [0.15, 0.2) is 28.7 Å². The Hall–Kier alpha value is -2.24. The lowest BCUT2D eigenvalue weighted by Gasteiger charge is -2.15. The maximum absolute atomic E-state index is 12.2. The predicted molar refractivity (Wildman–Crippen MR) is 80.5 cm³/mol. The van der Waals surface area contributed by atoms with Crippen molar-refractivity contribution in [2.75, 3.05) is 5.32 Å². The van der Waals surface area contributed by atoms with Gasteiger partial charge in [-0.25, -0.2) is 0 Å². The summed E-state index contributed by atoms with van der Waals surface area (Å²) in [5.41, 5.74) is 6.18. The molecule has 20 heavy (non-hydrogen) atoms. The molecule has 0 fully saturated rings. The van der Waals surface area contributed by atoms with E-state index in [2.05, 4.69) is 5.32 Å². The fraction of sp³-hybridized carbons (Fsp3) is 0.286. The van der Waals surface area contributed by atoms with Crippen molar-refractivity contribution in [3.05, 3.63) is 30.0 Å². The zero-order valence-electron chi connectivity index (χ0n) is 11.8. The third kappa shape index (κ3) is 2.54. The summed E-state index contributed by atoms with van der Waals surface area (Å²) in [7, 11) is 1.84. The lowest BCUT2D eigenvalue weighted by molar-refractivity contribution is -0.116. The van der Waals surface area contributed by atoms with Crippen molar-refractivity contribution in [1.82, 2.24) is 0 Å². The highest BCUT2D eigenvalue weighted by molar-refractivity contribution is 6.27. The first-order valence-corrected chi connectivity index (χ1v) is 6.54. The largest absolute Gasteiger partial charge is 0.449 e. The Morgan fingerprint density at radius 2 is 1.95 bits per heavy atom. The van der Waals surface area contributed by atoms with Crippen molar-refractivity contribution in [3.8, 4) is 0 Å². The number of carbonyl (C=O) groups excluding carboxylic acids is 2. The Morgan fingerprint density at radius 1 is 1.30 bits per heavy atom. The minimum Gasteiger partial charge on any atom is -0.449 e. The van der Waals surface area contributed by atoms with Gasteiger partial charge >= 0.3 is 0 Å². The van der Waals surface area contributed by atoms with Crippen LogP contribution in [0.4, 0.5) is 5.69 Å². The van der Waals surface area contributed by atoms with Gasteiger partial charge in [-0.2, -0.15) is 0 Å². The van der Waals surface area contributed by atoms with E-state index in [1.54, 1.807) is 18.2 Å². The lowest BCUT2D eigenvalue weighted by Crippen LogP contribution is -2.23. The van der Waals surface area contributed by atoms with E-state index in [4.69, 9.17) is 10.2 Å². The van der Waals surface area contributed by atoms with E-state index in [1.165, 1.54) is 0 Å². The molecule has 2 rings (SSSR count). The van der Waals surface area contributed by atoms with Gasteiger partial charge in [0.05, 0.1) is 0 Å². The van der Waals surface area contributed by atoms with Gasteiger partial charge in [0.15, 0.2) is 0 Å². The maximum Gasteiger partial charge on any atom is 0.286 e. The van der Waals surface area contributed by atoms with Gasteiger partial charge in [-0.3, -0.25) is 9.59 Å². The van der Waals surface area contributed by atoms with Crippen LogP contribution in [0.25, 0.3) is 11.0 Å². The Morgan fingerprint density at radius 3 is 2.55 bits per heavy atom. The molecule has 0 radical (unpaired) electrons. The molecule has 1 aromatic heterocycles. The van der Waals surface area contributed by atoms with E-state index in [9.17, 15) is 9.59 Å². The number of amides is 2. The van der Waals surface area contributed by atoms with Crippen molar-refractivity contribution in [1.29, 1.82) is 0 Å². The Kier molecular flexibility index (Phi) is 3.83. The average molecular weight is 272 g/mol. The number of rotatable bonds is 4. The number of hydrogen-bond acceptors (Lipinski definition) is 3. The average Bonchev–Trinajstić information content (AvgIpc) is 2.77. The van der Waals surface area contributed by atoms with Gasteiger partial charge in [0.25, 0.3) is 5.91 Å². The van der Waals surface area contributed by atoms with Crippen LogP contribution in [-0.2, 0) is 4.79 Å². The predicted octanol–water partition coefficient (Wildman–Crippen LogP) is 1.55. The van der Waals surface area contributed by atoms with E-state index in [0.717, 1.165) is 0 Å². The molecule has 0 aliphatic carbocycles. The molecular weight excluding hydrogens is 255 g/mol. The monoisotopic (exact) mass is 272 g/mol. The smallest absolute Gasteiger partial charge is 0.286 e. The summed E-state index contributed by atoms with van der Waals surface area (Å²) in [5, 5.41) is 3.43. The topological polar surface area (TPSA) is 85.3 Å². The number of fused-ring (bicyclic) bond motifs is 1. The normalized spacial score (nSPS) is 12.6. The molecule has 1 heterocycles. The lowest BCUT2D eigenvalue weighted by atomic mass is 9.77. The molecule has 2 aromatic rings. The van der Waals surface area contributed by atoms with E-state index in [1.807, 2.05) is 27.8 Å². The van der Waals surface area contributed by atoms with Crippen molar-refractivity contribution < 1.29 is 14.0 Å². The summed E-state index contributed by atoms with van der Waals surface area (Å²) in [6, 6.07) is 7.10. The summed E-state index contributed by atoms with van der Waals surface area (Å²) >= 11 is 0. The molecule has 0 unspecified atom stereocenters. The summed E-state index contributed by atoms with van der Waals surface area (Å²) in [5.74, 6) is -0.854. The molecule has 3 N–H and O–H groups in total. The highest BCUT2D eigenvalue weighted by atomic mass is 16.3. The van der Waals surface area contributed by atoms with Gasteiger partial charge in [-0.15, -0.1) is 0 Å². The molecule has 104 valence electrons. The second-order valence-electron chi connectivity index (χ2n) is 5.19. The number of benzene rings is 1. The molecule has 0 saturated heterocycles. The maximum atomic E-state index is 12.2. The summed E-state index contributed by atoms with van der Waals surface area (Å²) < 4.78 is 5.41. The van der Waals surface area contributed by atoms with Crippen LogP contribution in [0.3, 0.4) is 0 Å². The van der Waals surface area contributed by atoms with Gasteiger partial charge in [0, 0.05) is 11.2 Å². The van der Waals surface area contributed by atoms with E-state index < -0.39 is 5.91 Å². The summed E-state index contributed by atoms with van der Waals surface area (Å²) in [6.45, 7) is 3.93. The fourth-order valence-electron chi connectivity index (χ4n) is 1.88. The number of carbonyl (C=O) groups is 2. The number of nitrogens with one attached hydrogen (secondary N) is 1. The van der Waals surface area contributed by atoms with E-state index >= 15 is 0 Å². The Labute approximate surface area is 117 Å². The van der Waals surface area contributed by atoms with E-state index in [-0.39, 0.29) is 23.4 Å². The van der Waals surface area contributed by atoms with Crippen LogP contribution >= 0.6 is 0 Å². The third-order valence-corrected chi connectivity index (χ3v) is 3.48. The number of anilines is 1. The highest BCUT2D eigenvalue weighted by Gasteiger charge is 2.23. The van der Waals surface area contributed by atoms with Gasteiger partial charge in [0.2, 0.25) is 11.7 Å². The number of hydrogen-bond donors (Lipinski definition) is 2. The fourth-order valence-corrected chi connectivity index (χ4v) is 1.88. The zero-order valence-corrected chi connectivity index (χ0v) is 11.8. The van der Waals surface area contributed by atoms with Crippen molar-refractivity contribution >= 4 is 36.3 Å². The van der Waals surface area contributed by atoms with Crippen LogP contribution in [0.2, 0.25) is 5.82 Å². The molecular formula is C14H17BN2O3. The third-order valence-electron chi connectivity index (χ3n) is 3.48. The zero-order chi connectivity index (χ0) is 14.9. The molecule has 0 saturated carbocycles. The molecule has 0 bridgehead atoms. The molecule has 0 spiro atoms. The highest BCUT2D eigenvalue weighted by Crippen LogP contribution is 2.31. The van der Waals surface area contributed by atoms with Gasteiger partial charge in [0.1, 0.15) is 19.1 Å². The van der Waals surface area contributed by atoms with Crippen LogP contribution in [0, 0.1) is 5.92 Å². The Bertz CT molecular complexity index is 663.